The van der Waals surface area contributed by atoms with E-state index in [1.54, 1.807) is 25.4 Å². The molecule has 1 atom stereocenters. The number of rotatable bonds is 7. The summed E-state index contributed by atoms with van der Waals surface area (Å²) in [6.07, 6.45) is 1.79. The molecule has 5 rings (SSSR count). The van der Waals surface area contributed by atoms with Crippen LogP contribution in [-0.4, -0.2) is 28.0 Å². The lowest BCUT2D eigenvalue weighted by Gasteiger charge is -2.20. The molecule has 7 nitrogen and oxygen atoms in total. The number of hydrogen-bond acceptors (Lipinski definition) is 5. The van der Waals surface area contributed by atoms with Crippen LogP contribution in [0.3, 0.4) is 0 Å². The number of nitrogens with zero attached hydrogens (tertiary/aromatic N) is 2. The van der Waals surface area contributed by atoms with Gasteiger partial charge in [0.2, 0.25) is 0 Å². The number of H-pyrrole nitrogens is 1. The zero-order valence-corrected chi connectivity index (χ0v) is 20.4. The van der Waals surface area contributed by atoms with Crippen LogP contribution < -0.4 is 15.4 Å². The summed E-state index contributed by atoms with van der Waals surface area (Å²) in [6.45, 7) is 4.01. The van der Waals surface area contributed by atoms with Crippen molar-refractivity contribution in [2.24, 2.45) is 0 Å². The monoisotopic (exact) mass is 477 g/mol. The number of benzene rings is 2. The minimum absolute atomic E-state index is 0.232. The van der Waals surface area contributed by atoms with Gasteiger partial charge in [0.05, 0.1) is 24.4 Å². The Bertz CT molecular complexity index is 1530. The van der Waals surface area contributed by atoms with Crippen LogP contribution in [-0.2, 0) is 0 Å². The largest absolute Gasteiger partial charge is 0.496 e. The number of ether oxygens (including phenoxy) is 1. The van der Waals surface area contributed by atoms with Gasteiger partial charge in [-0.25, -0.2) is 4.98 Å². The standard InChI is InChI=1S/C29H27N5O2/c1-18-9-8-13-26(31-18)34-28(24-11-6-7-16-30-24)27-19(2)32-23-15-14-20(17-22(23)27)33-29(35)21-10-4-5-12-25(21)36-3/h4-17,28,32H,1-3H3,(H,31,34)(H,33,35). The summed E-state index contributed by atoms with van der Waals surface area (Å²) in [4.78, 5) is 25.8. The van der Waals surface area contributed by atoms with Gasteiger partial charge in [-0.3, -0.25) is 9.78 Å². The van der Waals surface area contributed by atoms with E-state index >= 15 is 0 Å². The van der Waals surface area contributed by atoms with Gasteiger partial charge in [-0.15, -0.1) is 0 Å². The third-order valence-corrected chi connectivity index (χ3v) is 6.10. The van der Waals surface area contributed by atoms with Crippen LogP contribution in [0.25, 0.3) is 10.9 Å². The van der Waals surface area contributed by atoms with Crippen LogP contribution >= 0.6 is 0 Å². The maximum atomic E-state index is 13.0. The summed E-state index contributed by atoms with van der Waals surface area (Å²) >= 11 is 0. The number of methoxy groups -OCH3 is 1. The van der Waals surface area contributed by atoms with E-state index in [4.69, 9.17) is 4.74 Å². The van der Waals surface area contributed by atoms with Crippen LogP contribution in [0, 0.1) is 13.8 Å². The highest BCUT2D eigenvalue weighted by Gasteiger charge is 2.23. The van der Waals surface area contributed by atoms with E-state index < -0.39 is 0 Å². The lowest BCUT2D eigenvalue weighted by molar-refractivity contribution is 0.102. The molecule has 0 aliphatic heterocycles. The van der Waals surface area contributed by atoms with E-state index in [-0.39, 0.29) is 11.9 Å². The van der Waals surface area contributed by atoms with Gasteiger partial charge in [-0.05, 0) is 68.4 Å². The first kappa shape index (κ1) is 23.1. The van der Waals surface area contributed by atoms with Crippen molar-refractivity contribution in [3.8, 4) is 5.75 Å². The van der Waals surface area contributed by atoms with E-state index in [1.807, 2.05) is 80.6 Å². The Morgan fingerprint density at radius 2 is 1.81 bits per heavy atom. The number of carbonyl (C=O) groups is 1. The minimum atomic E-state index is -0.255. The molecule has 0 aliphatic rings. The fourth-order valence-electron chi connectivity index (χ4n) is 4.44. The number of anilines is 2. The number of hydrogen-bond donors (Lipinski definition) is 3. The molecule has 0 radical (unpaired) electrons. The number of nitrogens with one attached hydrogen (secondary N) is 3. The first-order valence-corrected chi connectivity index (χ1v) is 11.7. The van der Waals surface area contributed by atoms with Gasteiger partial charge in [-0.1, -0.05) is 24.3 Å². The van der Waals surface area contributed by atoms with E-state index in [0.717, 1.165) is 39.4 Å². The van der Waals surface area contributed by atoms with Crippen molar-refractivity contribution < 1.29 is 9.53 Å². The number of aryl methyl sites for hydroxylation is 2. The molecule has 36 heavy (non-hydrogen) atoms. The number of aromatic amines is 1. The van der Waals surface area contributed by atoms with Crippen molar-refractivity contribution in [2.75, 3.05) is 17.7 Å². The van der Waals surface area contributed by atoms with Crippen LogP contribution in [0.1, 0.15) is 39.0 Å². The molecule has 5 aromatic rings. The van der Waals surface area contributed by atoms with E-state index in [0.29, 0.717) is 17.0 Å². The smallest absolute Gasteiger partial charge is 0.259 e. The maximum absolute atomic E-state index is 13.0. The summed E-state index contributed by atoms with van der Waals surface area (Å²) in [5.41, 5.74) is 5.98. The fraction of sp³-hybridized carbons (Fsp3) is 0.138. The number of pyridine rings is 2. The van der Waals surface area contributed by atoms with Crippen molar-refractivity contribution in [3.05, 3.63) is 113 Å². The van der Waals surface area contributed by atoms with Crippen LogP contribution in [0.2, 0.25) is 0 Å². The lowest BCUT2D eigenvalue weighted by Crippen LogP contribution is -2.16. The van der Waals surface area contributed by atoms with Crippen LogP contribution in [0.5, 0.6) is 5.75 Å². The third kappa shape index (κ3) is 4.63. The number of para-hydroxylation sites is 1. The second kappa shape index (κ2) is 9.92. The van der Waals surface area contributed by atoms with Crippen LogP contribution in [0.15, 0.2) is 85.1 Å². The average molecular weight is 478 g/mol. The van der Waals surface area contributed by atoms with E-state index in [1.165, 1.54) is 0 Å². The maximum Gasteiger partial charge on any atom is 0.259 e. The number of carbonyl (C=O) groups excluding carboxylic acids is 1. The van der Waals surface area contributed by atoms with Crippen molar-refractivity contribution in [1.82, 2.24) is 15.0 Å². The molecule has 3 aromatic heterocycles. The van der Waals surface area contributed by atoms with Crippen molar-refractivity contribution >= 4 is 28.3 Å². The van der Waals surface area contributed by atoms with Gasteiger partial charge in [0.25, 0.3) is 5.91 Å². The van der Waals surface area contributed by atoms with Gasteiger partial charge in [0.15, 0.2) is 0 Å². The zero-order chi connectivity index (χ0) is 25.1. The molecular weight excluding hydrogens is 450 g/mol. The van der Waals surface area contributed by atoms with Gasteiger partial charge >= 0.3 is 0 Å². The summed E-state index contributed by atoms with van der Waals surface area (Å²) in [7, 11) is 1.56. The van der Waals surface area contributed by atoms with Gasteiger partial charge < -0.3 is 20.4 Å². The molecule has 0 spiro atoms. The number of aromatic nitrogens is 3. The quantitative estimate of drug-likeness (QED) is 0.266. The summed E-state index contributed by atoms with van der Waals surface area (Å²) in [6, 6.07) is 24.5. The highest BCUT2D eigenvalue weighted by Crippen LogP contribution is 2.35. The second-order valence-corrected chi connectivity index (χ2v) is 8.57. The molecule has 2 aromatic carbocycles. The molecule has 3 N–H and O–H groups in total. The predicted molar refractivity (Wildman–Crippen MR) is 143 cm³/mol. The van der Waals surface area contributed by atoms with E-state index in [2.05, 4.69) is 25.6 Å². The minimum Gasteiger partial charge on any atom is -0.496 e. The fourth-order valence-corrected chi connectivity index (χ4v) is 4.44. The van der Waals surface area contributed by atoms with Crippen LogP contribution in [0.4, 0.5) is 11.5 Å². The lowest BCUT2D eigenvalue weighted by atomic mass is 9.99. The summed E-state index contributed by atoms with van der Waals surface area (Å²) < 4.78 is 5.36. The zero-order valence-electron chi connectivity index (χ0n) is 20.4. The molecule has 1 amide bonds. The second-order valence-electron chi connectivity index (χ2n) is 8.57. The van der Waals surface area contributed by atoms with Crippen molar-refractivity contribution in [1.29, 1.82) is 0 Å². The van der Waals surface area contributed by atoms with Crippen molar-refractivity contribution in [2.45, 2.75) is 19.9 Å². The SMILES string of the molecule is COc1ccccc1C(=O)Nc1ccc2[nH]c(C)c(C(Nc3cccc(C)n3)c3ccccn3)c2c1. The first-order chi connectivity index (χ1) is 17.5. The third-order valence-electron chi connectivity index (χ3n) is 6.10. The van der Waals surface area contributed by atoms with Crippen molar-refractivity contribution in [3.63, 3.8) is 0 Å². The molecule has 0 saturated heterocycles. The molecule has 180 valence electrons. The Labute approximate surface area is 209 Å². The van der Waals surface area contributed by atoms with Gasteiger partial charge in [-0.2, -0.15) is 0 Å². The molecular formula is C29H27N5O2. The van der Waals surface area contributed by atoms with Gasteiger partial charge in [0.1, 0.15) is 11.6 Å². The number of amides is 1. The Morgan fingerprint density at radius 1 is 0.972 bits per heavy atom. The average Bonchev–Trinajstić information content (AvgIpc) is 3.22. The molecule has 0 aliphatic carbocycles. The van der Waals surface area contributed by atoms with Gasteiger partial charge in [0, 0.05) is 39.7 Å². The molecule has 1 unspecified atom stereocenters. The Morgan fingerprint density at radius 3 is 2.58 bits per heavy atom. The normalized spacial score (nSPS) is 11.8. The summed E-state index contributed by atoms with van der Waals surface area (Å²) in [5, 5.41) is 7.58. The highest BCUT2D eigenvalue weighted by molar-refractivity contribution is 6.07. The predicted octanol–water partition coefficient (Wildman–Crippen LogP) is 6.04. The highest BCUT2D eigenvalue weighted by atomic mass is 16.5. The Hall–Kier alpha value is -4.65. The molecule has 3 heterocycles. The first-order valence-electron chi connectivity index (χ1n) is 11.7. The molecule has 7 heteroatoms. The molecule has 0 bridgehead atoms. The number of fused-ring (bicyclic) bond motifs is 1. The molecule has 0 fully saturated rings. The molecule has 0 saturated carbocycles. The topological polar surface area (TPSA) is 91.9 Å². The Kier molecular flexibility index (Phi) is 6.36. The summed E-state index contributed by atoms with van der Waals surface area (Å²) in [5.74, 6) is 1.06. The Balaban J connectivity index is 1.56. The van der Waals surface area contributed by atoms with E-state index in [9.17, 15) is 4.79 Å².